The number of methoxy groups -OCH3 is 1. The molecular formula is C9H12NO2S+. The van der Waals surface area contributed by atoms with E-state index in [4.69, 9.17) is 0 Å². The number of hydrogen-bond acceptors (Lipinski definition) is 3. The highest BCUT2D eigenvalue weighted by atomic mass is 32.2. The summed E-state index contributed by atoms with van der Waals surface area (Å²) in [5.41, 5.74) is 0.611. The summed E-state index contributed by atoms with van der Waals surface area (Å²) in [4.78, 5) is 11.3. The van der Waals surface area contributed by atoms with Crippen molar-refractivity contribution in [2.45, 2.75) is 5.03 Å². The smallest absolute Gasteiger partial charge is 0.345 e. The first-order valence-electron chi connectivity index (χ1n) is 3.81. The number of nitrogens with zero attached hydrogens (tertiary/aromatic N) is 1. The van der Waals surface area contributed by atoms with Gasteiger partial charge in [0.2, 0.25) is 0 Å². The lowest BCUT2D eigenvalue weighted by Crippen LogP contribution is -2.32. The van der Waals surface area contributed by atoms with E-state index in [0.29, 0.717) is 5.56 Å². The normalized spacial score (nSPS) is 9.77. The molecule has 13 heavy (non-hydrogen) atoms. The second-order valence-corrected chi connectivity index (χ2v) is 3.33. The zero-order valence-corrected chi connectivity index (χ0v) is 8.72. The Morgan fingerprint density at radius 3 is 2.85 bits per heavy atom. The van der Waals surface area contributed by atoms with E-state index in [2.05, 4.69) is 4.74 Å². The van der Waals surface area contributed by atoms with Gasteiger partial charge in [-0.25, -0.2) is 4.79 Å². The van der Waals surface area contributed by atoms with Crippen molar-refractivity contribution in [3.8, 4) is 0 Å². The van der Waals surface area contributed by atoms with Crippen LogP contribution in [0.5, 0.6) is 0 Å². The third-order valence-electron chi connectivity index (χ3n) is 1.72. The summed E-state index contributed by atoms with van der Waals surface area (Å²) < 4.78 is 6.57. The highest BCUT2D eigenvalue weighted by molar-refractivity contribution is 7.98. The van der Waals surface area contributed by atoms with Crippen LogP contribution < -0.4 is 4.57 Å². The zero-order valence-electron chi connectivity index (χ0n) is 7.90. The topological polar surface area (TPSA) is 30.2 Å². The number of pyridine rings is 1. The van der Waals surface area contributed by atoms with E-state index < -0.39 is 0 Å². The summed E-state index contributed by atoms with van der Waals surface area (Å²) in [6.45, 7) is 0. The molecule has 4 heteroatoms. The Bertz CT molecular complexity index is 325. The lowest BCUT2D eigenvalue weighted by molar-refractivity contribution is -0.709. The van der Waals surface area contributed by atoms with Crippen molar-refractivity contribution >= 4 is 17.7 Å². The van der Waals surface area contributed by atoms with Crippen LogP contribution in [0.15, 0.2) is 23.4 Å². The number of ether oxygens (including phenoxy) is 1. The second kappa shape index (κ2) is 4.28. The van der Waals surface area contributed by atoms with Crippen molar-refractivity contribution in [2.24, 2.45) is 7.05 Å². The van der Waals surface area contributed by atoms with Gasteiger partial charge < -0.3 is 4.74 Å². The number of aryl methyl sites for hydroxylation is 1. The average molecular weight is 198 g/mol. The van der Waals surface area contributed by atoms with Crippen molar-refractivity contribution in [3.63, 3.8) is 0 Å². The Morgan fingerprint density at radius 1 is 1.62 bits per heavy atom. The zero-order chi connectivity index (χ0) is 9.84. The minimum atomic E-state index is -0.291. The van der Waals surface area contributed by atoms with Crippen LogP contribution in [0.25, 0.3) is 0 Å². The van der Waals surface area contributed by atoms with Gasteiger partial charge >= 0.3 is 5.97 Å². The second-order valence-electron chi connectivity index (χ2n) is 2.53. The molecule has 0 N–H and O–H groups in total. The van der Waals surface area contributed by atoms with Crippen LogP contribution in [0.2, 0.25) is 0 Å². The molecule has 0 bridgehead atoms. The van der Waals surface area contributed by atoms with Crippen LogP contribution >= 0.6 is 11.8 Å². The van der Waals surface area contributed by atoms with E-state index in [-0.39, 0.29) is 5.97 Å². The van der Waals surface area contributed by atoms with Crippen LogP contribution in [0.4, 0.5) is 0 Å². The van der Waals surface area contributed by atoms with Gasteiger partial charge in [0.25, 0.3) is 5.03 Å². The molecular weight excluding hydrogens is 186 g/mol. The van der Waals surface area contributed by atoms with Crippen molar-refractivity contribution < 1.29 is 14.1 Å². The molecule has 0 amide bonds. The first-order chi connectivity index (χ1) is 6.20. The maximum Gasteiger partial charge on any atom is 0.345 e. The van der Waals surface area contributed by atoms with Crippen molar-refractivity contribution in [3.05, 3.63) is 23.9 Å². The minimum absolute atomic E-state index is 0.291. The molecule has 1 aromatic rings. The number of hydrogen-bond donors (Lipinski definition) is 0. The molecule has 0 unspecified atom stereocenters. The average Bonchev–Trinajstić information content (AvgIpc) is 2.16. The quantitative estimate of drug-likeness (QED) is 0.404. The molecule has 0 saturated carbocycles. The number of carbonyl (C=O) groups is 1. The number of aromatic nitrogens is 1. The fraction of sp³-hybridized carbons (Fsp3) is 0.333. The Hall–Kier alpha value is -1.03. The van der Waals surface area contributed by atoms with E-state index in [0.717, 1.165) is 5.03 Å². The van der Waals surface area contributed by atoms with E-state index in [1.807, 2.05) is 30.1 Å². The molecule has 0 radical (unpaired) electrons. The molecule has 70 valence electrons. The van der Waals surface area contributed by atoms with Gasteiger partial charge in [-0.05, 0) is 12.3 Å². The summed E-state index contributed by atoms with van der Waals surface area (Å²) in [5.74, 6) is -0.291. The van der Waals surface area contributed by atoms with E-state index >= 15 is 0 Å². The molecule has 0 aromatic carbocycles. The molecule has 0 fully saturated rings. The highest BCUT2D eigenvalue weighted by Gasteiger charge is 2.18. The van der Waals surface area contributed by atoms with Gasteiger partial charge in [-0.15, -0.1) is 0 Å². The van der Waals surface area contributed by atoms with Crippen molar-refractivity contribution in [1.29, 1.82) is 0 Å². The third kappa shape index (κ3) is 2.01. The molecule has 1 heterocycles. The molecule has 0 aliphatic carbocycles. The Labute approximate surface area is 81.7 Å². The van der Waals surface area contributed by atoms with Gasteiger partial charge in [-0.3, -0.25) is 0 Å². The van der Waals surface area contributed by atoms with Gasteiger partial charge in [0, 0.05) is 6.07 Å². The Morgan fingerprint density at radius 2 is 2.31 bits per heavy atom. The molecule has 0 saturated heterocycles. The third-order valence-corrected chi connectivity index (χ3v) is 2.62. The van der Waals surface area contributed by atoms with Gasteiger partial charge in [-0.1, -0.05) is 11.8 Å². The minimum Gasteiger partial charge on any atom is -0.465 e. The van der Waals surface area contributed by atoms with Crippen LogP contribution in [0, 0.1) is 0 Å². The fourth-order valence-electron chi connectivity index (χ4n) is 1.12. The van der Waals surface area contributed by atoms with Gasteiger partial charge in [0.1, 0.15) is 12.6 Å². The van der Waals surface area contributed by atoms with E-state index in [1.54, 1.807) is 6.07 Å². The Kier molecular flexibility index (Phi) is 3.31. The predicted molar refractivity (Wildman–Crippen MR) is 50.7 cm³/mol. The lowest BCUT2D eigenvalue weighted by Gasteiger charge is -2.01. The molecule has 0 spiro atoms. The monoisotopic (exact) mass is 198 g/mol. The molecule has 1 aromatic heterocycles. The lowest BCUT2D eigenvalue weighted by atomic mass is 10.3. The van der Waals surface area contributed by atoms with Gasteiger partial charge in [0.05, 0.1) is 7.11 Å². The first kappa shape index (κ1) is 10.1. The standard InChI is InChI=1S/C9H12NO2S/c1-10-6-4-5-7(8(10)13-3)9(11)12-2/h4-6H,1-3H3/q+1. The largest absolute Gasteiger partial charge is 0.465 e. The maximum absolute atomic E-state index is 11.3. The van der Waals surface area contributed by atoms with E-state index in [9.17, 15) is 4.79 Å². The fourth-order valence-corrected chi connectivity index (χ4v) is 1.84. The van der Waals surface area contributed by atoms with Crippen LogP contribution in [0.3, 0.4) is 0 Å². The van der Waals surface area contributed by atoms with Gasteiger partial charge in [0.15, 0.2) is 6.20 Å². The summed E-state index contributed by atoms with van der Waals surface area (Å²) in [7, 11) is 3.29. The van der Waals surface area contributed by atoms with Crippen LogP contribution in [-0.2, 0) is 11.8 Å². The van der Waals surface area contributed by atoms with Crippen LogP contribution in [-0.4, -0.2) is 19.3 Å². The molecule has 0 aliphatic rings. The number of carbonyl (C=O) groups excluding carboxylic acids is 1. The summed E-state index contributed by atoms with van der Waals surface area (Å²) in [6, 6.07) is 3.59. The SMILES string of the molecule is COC(=O)c1ccc[n+](C)c1SC. The maximum atomic E-state index is 11.3. The summed E-state index contributed by atoms with van der Waals surface area (Å²) in [5, 5.41) is 0.911. The molecule has 3 nitrogen and oxygen atoms in total. The van der Waals surface area contributed by atoms with Gasteiger partial charge in [-0.2, -0.15) is 4.57 Å². The molecule has 0 atom stereocenters. The summed E-state index contributed by atoms with van der Waals surface area (Å²) >= 11 is 1.53. The molecule has 1 rings (SSSR count). The molecule has 0 aliphatic heterocycles. The van der Waals surface area contributed by atoms with Crippen molar-refractivity contribution in [1.82, 2.24) is 0 Å². The number of esters is 1. The predicted octanol–water partition coefficient (Wildman–Crippen LogP) is 1.02. The highest BCUT2D eigenvalue weighted by Crippen LogP contribution is 2.15. The van der Waals surface area contributed by atoms with Crippen LogP contribution in [0.1, 0.15) is 10.4 Å². The summed E-state index contributed by atoms with van der Waals surface area (Å²) in [6.07, 6.45) is 3.83. The Balaban J connectivity index is 3.20. The number of rotatable bonds is 2. The number of thioether (sulfide) groups is 1. The van der Waals surface area contributed by atoms with Crippen molar-refractivity contribution in [2.75, 3.05) is 13.4 Å². The first-order valence-corrected chi connectivity index (χ1v) is 5.04. The van der Waals surface area contributed by atoms with E-state index in [1.165, 1.54) is 18.9 Å².